The fourth-order valence-electron chi connectivity index (χ4n) is 2.39. The quantitative estimate of drug-likeness (QED) is 0.389. The molecule has 0 amide bonds. The number of benzene rings is 2. The van der Waals surface area contributed by atoms with Gasteiger partial charge in [-0.15, -0.1) is 0 Å². The van der Waals surface area contributed by atoms with Gasteiger partial charge in [-0.2, -0.15) is 0 Å². The van der Waals surface area contributed by atoms with E-state index in [0.29, 0.717) is 32.9 Å². The molecule has 3 rings (SSSR count). The summed E-state index contributed by atoms with van der Waals surface area (Å²) in [5.74, 6) is 1.47. The van der Waals surface area contributed by atoms with E-state index in [4.69, 9.17) is 37.1 Å². The van der Waals surface area contributed by atoms with Crippen LogP contribution in [0.1, 0.15) is 21.9 Å². The van der Waals surface area contributed by atoms with Crippen LogP contribution in [0.25, 0.3) is 6.08 Å². The van der Waals surface area contributed by atoms with Gasteiger partial charge < -0.3 is 19.0 Å². The number of ether oxygens (including phenoxy) is 2. The Kier molecular flexibility index (Phi) is 6.29. The number of hydrogen-bond donors (Lipinski definition) is 1. The van der Waals surface area contributed by atoms with Crippen molar-refractivity contribution in [2.24, 2.45) is 0 Å². The molecule has 0 saturated carbocycles. The number of furan rings is 1. The molecule has 0 spiro atoms. The Balaban J connectivity index is 1.64. The number of phenols is 1. The van der Waals surface area contributed by atoms with Crippen LogP contribution in [0.15, 0.2) is 59.0 Å². The lowest BCUT2D eigenvalue weighted by atomic mass is 10.1. The summed E-state index contributed by atoms with van der Waals surface area (Å²) in [6.07, 6.45) is 2.93. The SMILES string of the molecule is COc1cc(C(=O)/C=C/c2ccc(COc3cccc(Cl)c3Cl)o2)ccc1O. The number of carbonyl (C=O) groups excluding carboxylic acids is 1. The van der Waals surface area contributed by atoms with Crippen molar-refractivity contribution in [2.45, 2.75) is 6.61 Å². The number of halogens is 2. The molecule has 28 heavy (non-hydrogen) atoms. The zero-order chi connectivity index (χ0) is 20.1. The van der Waals surface area contributed by atoms with Crippen molar-refractivity contribution in [2.75, 3.05) is 7.11 Å². The van der Waals surface area contributed by atoms with Crippen molar-refractivity contribution >= 4 is 35.1 Å². The van der Waals surface area contributed by atoms with Crippen LogP contribution in [0.3, 0.4) is 0 Å². The van der Waals surface area contributed by atoms with Gasteiger partial charge >= 0.3 is 0 Å². The molecule has 144 valence electrons. The molecule has 0 aliphatic rings. The van der Waals surface area contributed by atoms with E-state index in [2.05, 4.69) is 0 Å². The van der Waals surface area contributed by atoms with Gasteiger partial charge in [0.15, 0.2) is 17.3 Å². The molecule has 0 bridgehead atoms. The van der Waals surface area contributed by atoms with Crippen molar-refractivity contribution in [3.05, 3.63) is 81.7 Å². The first-order chi connectivity index (χ1) is 13.5. The topological polar surface area (TPSA) is 68.9 Å². The lowest BCUT2D eigenvalue weighted by Crippen LogP contribution is -1.95. The van der Waals surface area contributed by atoms with Crippen LogP contribution in [0.5, 0.6) is 17.2 Å². The highest BCUT2D eigenvalue weighted by Crippen LogP contribution is 2.32. The molecule has 3 aromatic rings. The molecule has 2 aromatic carbocycles. The lowest BCUT2D eigenvalue weighted by molar-refractivity contribution is 0.104. The van der Waals surface area contributed by atoms with E-state index in [-0.39, 0.29) is 23.9 Å². The Morgan fingerprint density at radius 2 is 1.96 bits per heavy atom. The third-order valence-electron chi connectivity index (χ3n) is 3.83. The molecular formula is C21H16Cl2O5. The summed E-state index contributed by atoms with van der Waals surface area (Å²) in [6, 6.07) is 13.0. The maximum Gasteiger partial charge on any atom is 0.186 e. The summed E-state index contributed by atoms with van der Waals surface area (Å²) >= 11 is 12.0. The van der Waals surface area contributed by atoms with Crippen LogP contribution >= 0.6 is 23.2 Å². The largest absolute Gasteiger partial charge is 0.504 e. The Bertz CT molecular complexity index is 1020. The van der Waals surface area contributed by atoms with Gasteiger partial charge in [-0.25, -0.2) is 0 Å². The minimum atomic E-state index is -0.252. The van der Waals surface area contributed by atoms with E-state index >= 15 is 0 Å². The molecule has 1 heterocycles. The average Bonchev–Trinajstić information content (AvgIpc) is 3.15. The standard InChI is InChI=1S/C21H16Cl2O5/c1-26-20-11-13(5-9-18(20)25)17(24)10-8-14-6-7-15(28-14)12-27-19-4-2-3-16(22)21(19)23/h2-11,25H,12H2,1H3/b10-8+. The van der Waals surface area contributed by atoms with E-state index in [1.165, 1.54) is 31.4 Å². The Morgan fingerprint density at radius 3 is 2.75 bits per heavy atom. The zero-order valence-electron chi connectivity index (χ0n) is 14.8. The number of allylic oxidation sites excluding steroid dienone is 1. The normalized spacial score (nSPS) is 11.0. The van der Waals surface area contributed by atoms with E-state index in [1.807, 2.05) is 0 Å². The van der Waals surface area contributed by atoms with Crippen molar-refractivity contribution in [1.82, 2.24) is 0 Å². The van der Waals surface area contributed by atoms with Gasteiger partial charge in [0, 0.05) is 5.56 Å². The predicted octanol–water partition coefficient (Wildman–Crippen LogP) is 5.78. The summed E-state index contributed by atoms with van der Waals surface area (Å²) in [5.41, 5.74) is 0.386. The van der Waals surface area contributed by atoms with Crippen LogP contribution in [0, 0.1) is 0 Å². The van der Waals surface area contributed by atoms with Crippen LogP contribution in [-0.4, -0.2) is 18.0 Å². The third-order valence-corrected chi connectivity index (χ3v) is 4.63. The molecule has 1 aromatic heterocycles. The van der Waals surface area contributed by atoms with E-state index in [0.717, 1.165) is 0 Å². The highest BCUT2D eigenvalue weighted by molar-refractivity contribution is 6.42. The number of hydrogen-bond acceptors (Lipinski definition) is 5. The molecule has 0 unspecified atom stereocenters. The van der Waals surface area contributed by atoms with Gasteiger partial charge in [-0.1, -0.05) is 29.3 Å². The Hall–Kier alpha value is -2.89. The second kappa shape index (κ2) is 8.87. The highest BCUT2D eigenvalue weighted by atomic mass is 35.5. The Labute approximate surface area is 171 Å². The smallest absolute Gasteiger partial charge is 0.186 e. The van der Waals surface area contributed by atoms with Gasteiger partial charge in [-0.05, 0) is 54.6 Å². The molecular weight excluding hydrogens is 403 g/mol. The van der Waals surface area contributed by atoms with Crippen LogP contribution < -0.4 is 9.47 Å². The van der Waals surface area contributed by atoms with Crippen molar-refractivity contribution < 1.29 is 23.8 Å². The molecule has 0 fully saturated rings. The molecule has 5 nitrogen and oxygen atoms in total. The number of ketones is 1. The molecule has 0 aliphatic carbocycles. The minimum Gasteiger partial charge on any atom is -0.504 e. The number of methoxy groups -OCH3 is 1. The number of aromatic hydroxyl groups is 1. The number of rotatable bonds is 7. The first-order valence-corrected chi connectivity index (χ1v) is 8.98. The van der Waals surface area contributed by atoms with Crippen LogP contribution in [-0.2, 0) is 6.61 Å². The molecule has 0 saturated heterocycles. The monoisotopic (exact) mass is 418 g/mol. The van der Waals surface area contributed by atoms with E-state index in [9.17, 15) is 9.90 Å². The van der Waals surface area contributed by atoms with Gasteiger partial charge in [0.2, 0.25) is 0 Å². The molecule has 0 radical (unpaired) electrons. The summed E-state index contributed by atoms with van der Waals surface area (Å²) in [5, 5.41) is 10.3. The first kappa shape index (κ1) is 19.9. The maximum absolute atomic E-state index is 12.3. The van der Waals surface area contributed by atoms with Crippen LogP contribution in [0.2, 0.25) is 10.0 Å². The van der Waals surface area contributed by atoms with Crippen molar-refractivity contribution in [3.8, 4) is 17.2 Å². The third kappa shape index (κ3) is 4.68. The summed E-state index contributed by atoms with van der Waals surface area (Å²) < 4.78 is 16.2. The summed E-state index contributed by atoms with van der Waals surface area (Å²) in [7, 11) is 1.42. The fraction of sp³-hybridized carbons (Fsp3) is 0.0952. The van der Waals surface area contributed by atoms with Gasteiger partial charge in [0.1, 0.15) is 28.9 Å². The number of carbonyl (C=O) groups is 1. The van der Waals surface area contributed by atoms with E-state index < -0.39 is 0 Å². The van der Waals surface area contributed by atoms with Gasteiger partial charge in [0.25, 0.3) is 0 Å². The second-order valence-electron chi connectivity index (χ2n) is 5.73. The van der Waals surface area contributed by atoms with Crippen molar-refractivity contribution in [3.63, 3.8) is 0 Å². The average molecular weight is 419 g/mol. The van der Waals surface area contributed by atoms with Crippen molar-refractivity contribution in [1.29, 1.82) is 0 Å². The first-order valence-electron chi connectivity index (χ1n) is 8.23. The van der Waals surface area contributed by atoms with Gasteiger partial charge in [-0.3, -0.25) is 4.79 Å². The zero-order valence-corrected chi connectivity index (χ0v) is 16.3. The number of phenolic OH excluding ortho intramolecular Hbond substituents is 1. The molecule has 7 heteroatoms. The molecule has 1 N–H and O–H groups in total. The second-order valence-corrected chi connectivity index (χ2v) is 6.51. The van der Waals surface area contributed by atoms with E-state index in [1.54, 1.807) is 36.4 Å². The summed E-state index contributed by atoms with van der Waals surface area (Å²) in [4.78, 5) is 12.3. The predicted molar refractivity (Wildman–Crippen MR) is 108 cm³/mol. The lowest BCUT2D eigenvalue weighted by Gasteiger charge is -2.07. The maximum atomic E-state index is 12.3. The fourth-order valence-corrected chi connectivity index (χ4v) is 2.74. The summed E-state index contributed by atoms with van der Waals surface area (Å²) in [6.45, 7) is 0.164. The Morgan fingerprint density at radius 1 is 1.14 bits per heavy atom. The van der Waals surface area contributed by atoms with Gasteiger partial charge in [0.05, 0.1) is 12.1 Å². The molecule has 0 atom stereocenters. The molecule has 0 aliphatic heterocycles. The van der Waals surface area contributed by atoms with Crippen LogP contribution in [0.4, 0.5) is 0 Å². The minimum absolute atomic E-state index is 0.0292. The highest BCUT2D eigenvalue weighted by Gasteiger charge is 2.09.